The monoisotopic (exact) mass is 668 g/mol. The molecule has 5 aromatic rings. The van der Waals surface area contributed by atoms with E-state index in [1.165, 1.54) is 6.42 Å². The minimum absolute atomic E-state index is 0.283. The van der Waals surface area contributed by atoms with E-state index in [2.05, 4.69) is 44.1 Å². The molecule has 0 radical (unpaired) electrons. The van der Waals surface area contributed by atoms with Crippen LogP contribution in [0.25, 0.3) is 16.6 Å². The van der Waals surface area contributed by atoms with Gasteiger partial charge in [-0.1, -0.05) is 50.1 Å². The number of nitrogens with two attached hydrogens (primary N) is 1. The van der Waals surface area contributed by atoms with E-state index in [-0.39, 0.29) is 6.04 Å². The number of aliphatic hydroxyl groups is 1. The van der Waals surface area contributed by atoms with Crippen molar-refractivity contribution in [1.82, 2.24) is 19.8 Å². The molecule has 0 fully saturated rings. The number of aliphatic imine (C=N–C) groups is 1. The molecule has 0 saturated heterocycles. The van der Waals surface area contributed by atoms with Crippen LogP contribution in [0.3, 0.4) is 0 Å². The van der Waals surface area contributed by atoms with E-state index >= 15 is 0 Å². The normalized spacial score (nSPS) is 17.5. The molecule has 2 aromatic carbocycles. The molecule has 12 nitrogen and oxygen atoms in total. The largest absolute Gasteiger partial charge is 0.497 e. The van der Waals surface area contributed by atoms with Crippen molar-refractivity contribution in [3.8, 4) is 5.75 Å². The third-order valence-electron chi connectivity index (χ3n) is 8.65. The zero-order valence-electron chi connectivity index (χ0n) is 28.9. The molecule has 1 aliphatic rings. The van der Waals surface area contributed by atoms with Crippen LogP contribution in [0.15, 0.2) is 77.1 Å². The molecular weight excluding hydrogens is 620 g/mol. The number of fused-ring (bicyclic) bond motifs is 4. The summed E-state index contributed by atoms with van der Waals surface area (Å²) in [4.78, 5) is 12.2. The molecule has 0 amide bonds. The van der Waals surface area contributed by atoms with Gasteiger partial charge in [-0.2, -0.15) is 5.10 Å². The Balaban J connectivity index is 0.000000196. The number of H-pyrrole nitrogens is 1. The second-order valence-corrected chi connectivity index (χ2v) is 11.9. The smallest absolute Gasteiger partial charge is 0.209 e. The molecule has 12 heteroatoms. The van der Waals surface area contributed by atoms with Gasteiger partial charge < -0.3 is 39.8 Å². The van der Waals surface area contributed by atoms with Gasteiger partial charge in [-0.15, -0.1) is 0 Å². The van der Waals surface area contributed by atoms with Crippen LogP contribution in [0.1, 0.15) is 66.4 Å². The molecule has 0 unspecified atom stereocenters. The quantitative estimate of drug-likeness (QED) is 0.0485. The maximum atomic E-state index is 11.1. The van der Waals surface area contributed by atoms with Gasteiger partial charge >= 0.3 is 0 Å². The Kier molecular flexibility index (Phi) is 12.3. The third kappa shape index (κ3) is 8.40. The summed E-state index contributed by atoms with van der Waals surface area (Å²) in [5, 5.41) is 19.8. The first kappa shape index (κ1) is 35.4. The number of rotatable bonds is 12. The van der Waals surface area contributed by atoms with Gasteiger partial charge in [0.2, 0.25) is 5.96 Å². The van der Waals surface area contributed by atoms with Crippen molar-refractivity contribution in [2.75, 3.05) is 39.3 Å². The summed E-state index contributed by atoms with van der Waals surface area (Å²) in [5.41, 5.74) is 16.3. The van der Waals surface area contributed by atoms with Crippen LogP contribution in [0.2, 0.25) is 0 Å². The Morgan fingerprint density at radius 1 is 1.10 bits per heavy atom. The SMILES string of the molecule is CCCCCN=C(N)N/N=C\c1c[nH]c2ccc(OC)cc12.COCCO[C@@H]1c2ccn3c(C)c(C)nc3c2N[C@H](c2ccccc2)[C@H]1O. The zero-order chi connectivity index (χ0) is 34.8. The second-order valence-electron chi connectivity index (χ2n) is 11.9. The van der Waals surface area contributed by atoms with Gasteiger partial charge in [0.05, 0.1) is 44.0 Å². The number of nitrogens with zero attached hydrogens (tertiary/aromatic N) is 4. The van der Waals surface area contributed by atoms with Crippen molar-refractivity contribution >= 4 is 34.4 Å². The van der Waals surface area contributed by atoms with E-state index in [1.54, 1.807) is 20.4 Å². The van der Waals surface area contributed by atoms with Crippen molar-refractivity contribution < 1.29 is 19.3 Å². The molecule has 0 bridgehead atoms. The highest BCUT2D eigenvalue weighted by atomic mass is 16.5. The minimum Gasteiger partial charge on any atom is -0.497 e. The maximum absolute atomic E-state index is 11.1. The molecular formula is C37H48N8O4. The summed E-state index contributed by atoms with van der Waals surface area (Å²) in [7, 11) is 3.29. The minimum atomic E-state index is -0.726. The molecule has 6 rings (SSSR count). The van der Waals surface area contributed by atoms with Crippen molar-refractivity contribution in [1.29, 1.82) is 0 Å². The molecule has 0 saturated carbocycles. The van der Waals surface area contributed by atoms with Gasteiger partial charge in [-0.25, -0.2) is 10.4 Å². The number of benzene rings is 2. The van der Waals surface area contributed by atoms with Crippen LogP contribution in [0, 0.1) is 13.8 Å². The van der Waals surface area contributed by atoms with E-state index in [4.69, 9.17) is 24.9 Å². The molecule has 3 atom stereocenters. The predicted octanol–water partition coefficient (Wildman–Crippen LogP) is 5.79. The van der Waals surface area contributed by atoms with Crippen LogP contribution in [0.5, 0.6) is 5.75 Å². The van der Waals surface area contributed by atoms with E-state index < -0.39 is 12.2 Å². The first-order chi connectivity index (χ1) is 23.9. The van der Waals surface area contributed by atoms with Crippen molar-refractivity contribution in [2.45, 2.75) is 58.3 Å². The van der Waals surface area contributed by atoms with Gasteiger partial charge in [-0.3, -0.25) is 4.99 Å². The van der Waals surface area contributed by atoms with E-state index in [0.29, 0.717) is 19.2 Å². The Hall–Kier alpha value is -4.91. The molecule has 260 valence electrons. The average Bonchev–Trinajstić information content (AvgIpc) is 3.66. The highest BCUT2D eigenvalue weighted by Gasteiger charge is 2.38. The van der Waals surface area contributed by atoms with Crippen molar-refractivity contribution in [2.24, 2.45) is 15.8 Å². The lowest BCUT2D eigenvalue weighted by atomic mass is 9.89. The lowest BCUT2D eigenvalue weighted by molar-refractivity contribution is -0.0633. The standard InChI is InChI=1S/C21H25N3O3.C16H23N5O/c1-13-14(2)24-10-9-16-18(21(24)22-13)23-17(15-7-5-4-6-8-15)19(25)20(16)27-12-11-26-3;1-3-4-5-8-18-16(17)21-20-11-12-10-19-15-7-6-13(22-2)9-14(12)15/h4-10,17,19-20,23,25H,11-12H2,1-3H3;6-7,9-11,19H,3-5,8H2,1-2H3,(H3,17,18,21)/b;20-11-/t17-,19-,20-;/m1./s1. The number of imidazole rings is 1. The maximum Gasteiger partial charge on any atom is 0.209 e. The molecule has 3 aromatic heterocycles. The number of nitrogens with one attached hydrogen (secondary N) is 3. The molecule has 0 spiro atoms. The lowest BCUT2D eigenvalue weighted by Crippen LogP contribution is -2.38. The number of unbranched alkanes of at least 4 members (excludes halogenated alkanes) is 2. The van der Waals surface area contributed by atoms with Crippen molar-refractivity contribution in [3.05, 3.63) is 95.1 Å². The summed E-state index contributed by atoms with van der Waals surface area (Å²) < 4.78 is 18.5. The summed E-state index contributed by atoms with van der Waals surface area (Å²) in [5.74, 6) is 1.15. The second kappa shape index (κ2) is 17.0. The number of hydrogen-bond donors (Lipinski definition) is 5. The summed E-state index contributed by atoms with van der Waals surface area (Å²) in [6, 6.07) is 17.5. The predicted molar refractivity (Wildman–Crippen MR) is 196 cm³/mol. The number of aromatic amines is 1. The molecule has 4 heterocycles. The molecule has 6 N–H and O–H groups in total. The third-order valence-corrected chi connectivity index (χ3v) is 8.65. The number of aliphatic hydroxyl groups excluding tert-OH is 1. The number of pyridine rings is 1. The Labute approximate surface area is 287 Å². The van der Waals surface area contributed by atoms with Gasteiger partial charge in [0.15, 0.2) is 5.65 Å². The number of hydrazone groups is 1. The Morgan fingerprint density at radius 3 is 2.67 bits per heavy atom. The van der Waals surface area contributed by atoms with Gasteiger partial charge in [0.25, 0.3) is 0 Å². The zero-order valence-corrected chi connectivity index (χ0v) is 28.9. The number of methoxy groups -OCH3 is 2. The van der Waals surface area contributed by atoms with Crippen LogP contribution in [-0.2, 0) is 9.47 Å². The van der Waals surface area contributed by atoms with Crippen LogP contribution in [0.4, 0.5) is 5.69 Å². The van der Waals surface area contributed by atoms with Gasteiger partial charge in [-0.05, 0) is 50.1 Å². The Bertz CT molecular complexity index is 1870. The van der Waals surface area contributed by atoms with E-state index in [1.807, 2.05) is 73.9 Å². The van der Waals surface area contributed by atoms with E-state index in [0.717, 1.165) is 75.5 Å². The van der Waals surface area contributed by atoms with Crippen LogP contribution in [-0.4, -0.2) is 71.7 Å². The fraction of sp³-hybridized carbons (Fsp3) is 0.378. The number of ether oxygens (including phenoxy) is 3. The number of hydrogen-bond acceptors (Lipinski definition) is 8. The number of guanidine groups is 1. The average molecular weight is 669 g/mol. The fourth-order valence-corrected chi connectivity index (χ4v) is 5.84. The first-order valence-electron chi connectivity index (χ1n) is 16.7. The molecule has 49 heavy (non-hydrogen) atoms. The summed E-state index contributed by atoms with van der Waals surface area (Å²) in [6.07, 6.45) is 7.80. The van der Waals surface area contributed by atoms with Gasteiger partial charge in [0.1, 0.15) is 18.0 Å². The highest BCUT2D eigenvalue weighted by molar-refractivity contribution is 5.99. The van der Waals surface area contributed by atoms with Crippen LogP contribution < -0.4 is 21.2 Å². The molecule has 1 aliphatic heterocycles. The Morgan fingerprint density at radius 2 is 1.92 bits per heavy atom. The lowest BCUT2D eigenvalue weighted by Gasteiger charge is -2.38. The van der Waals surface area contributed by atoms with Crippen LogP contribution >= 0.6 is 0 Å². The number of aromatic nitrogens is 3. The summed E-state index contributed by atoms with van der Waals surface area (Å²) in [6.45, 7) is 7.84. The van der Waals surface area contributed by atoms with Gasteiger partial charge in [0, 0.05) is 53.8 Å². The summed E-state index contributed by atoms with van der Waals surface area (Å²) >= 11 is 0. The first-order valence-corrected chi connectivity index (χ1v) is 16.7. The topological polar surface area (TPSA) is 156 Å². The molecule has 0 aliphatic carbocycles. The highest BCUT2D eigenvalue weighted by Crippen LogP contribution is 2.43. The number of anilines is 1. The fourth-order valence-electron chi connectivity index (χ4n) is 5.84. The van der Waals surface area contributed by atoms with Crippen molar-refractivity contribution in [3.63, 3.8) is 0 Å². The van der Waals surface area contributed by atoms with E-state index in [9.17, 15) is 5.11 Å². The number of aryl methyl sites for hydroxylation is 2.